The van der Waals surface area contributed by atoms with Gasteiger partial charge in [0.05, 0.1) is 16.4 Å². The van der Waals surface area contributed by atoms with Crippen molar-refractivity contribution < 1.29 is 12.8 Å². The van der Waals surface area contributed by atoms with Crippen molar-refractivity contribution in [2.45, 2.75) is 18.2 Å². The molecule has 0 fully saturated rings. The van der Waals surface area contributed by atoms with Gasteiger partial charge in [0.2, 0.25) is 5.95 Å². The van der Waals surface area contributed by atoms with Crippen LogP contribution in [-0.4, -0.2) is 29.9 Å². The molecule has 1 aromatic carbocycles. The maximum Gasteiger partial charge on any atom is 0.252 e. The van der Waals surface area contributed by atoms with Crippen LogP contribution in [0.4, 0.5) is 10.3 Å². The van der Waals surface area contributed by atoms with Crippen LogP contribution in [0.15, 0.2) is 39.1 Å². The van der Waals surface area contributed by atoms with E-state index in [1.807, 2.05) is 0 Å². The van der Waals surface area contributed by atoms with E-state index in [1.54, 1.807) is 6.92 Å². The number of nitrogens with one attached hydrogen (secondary N) is 2. The first-order valence-corrected chi connectivity index (χ1v) is 8.43. The van der Waals surface area contributed by atoms with Gasteiger partial charge in [-0.3, -0.25) is 9.78 Å². The van der Waals surface area contributed by atoms with Crippen molar-refractivity contribution in [3.8, 4) is 0 Å². The number of hydrogen-bond acceptors (Lipinski definition) is 6. The number of halogens is 1. The summed E-state index contributed by atoms with van der Waals surface area (Å²) in [6, 6.07) is 4.81. The minimum Gasteiger partial charge on any atom is -0.291 e. The van der Waals surface area contributed by atoms with Gasteiger partial charge in [0.1, 0.15) is 5.82 Å². The Labute approximate surface area is 131 Å². The van der Waals surface area contributed by atoms with E-state index >= 15 is 0 Å². The van der Waals surface area contributed by atoms with Crippen LogP contribution < -0.4 is 11.0 Å². The Bertz CT molecular complexity index is 966. The van der Waals surface area contributed by atoms with Gasteiger partial charge in [-0.2, -0.15) is 5.10 Å². The summed E-state index contributed by atoms with van der Waals surface area (Å²) in [6.07, 6.45) is 0.141. The smallest absolute Gasteiger partial charge is 0.252 e. The van der Waals surface area contributed by atoms with Crippen LogP contribution >= 0.6 is 0 Å². The molecule has 0 unspecified atom stereocenters. The summed E-state index contributed by atoms with van der Waals surface area (Å²) in [5.74, 6) is -0.520. The topological polar surface area (TPSA) is 104 Å². The zero-order chi connectivity index (χ0) is 16.6. The zero-order valence-corrected chi connectivity index (χ0v) is 12.9. The van der Waals surface area contributed by atoms with E-state index in [4.69, 9.17) is 0 Å². The van der Waals surface area contributed by atoms with E-state index in [-0.39, 0.29) is 34.1 Å². The first-order chi connectivity index (χ1) is 10.8. The van der Waals surface area contributed by atoms with Crippen LogP contribution in [0.2, 0.25) is 0 Å². The lowest BCUT2D eigenvalue weighted by molar-refractivity contribution is 0.593. The van der Waals surface area contributed by atoms with E-state index in [1.165, 1.54) is 12.1 Å². The fraction of sp³-hybridized carbons (Fsp3) is 0.214. The second-order valence-electron chi connectivity index (χ2n) is 5.12. The van der Waals surface area contributed by atoms with Crippen molar-refractivity contribution in [3.05, 3.63) is 51.7 Å². The number of nitrogens with zero attached hydrogens (tertiary/aromatic N) is 2. The summed E-state index contributed by atoms with van der Waals surface area (Å²) in [6.45, 7) is 1.66. The summed E-state index contributed by atoms with van der Waals surface area (Å²) < 4.78 is 37.5. The van der Waals surface area contributed by atoms with Gasteiger partial charge < -0.3 is 0 Å². The number of aromatic nitrogens is 2. The predicted octanol–water partition coefficient (Wildman–Crippen LogP) is 1.21. The van der Waals surface area contributed by atoms with Crippen molar-refractivity contribution in [1.82, 2.24) is 9.97 Å². The number of aromatic amines is 1. The Morgan fingerprint density at radius 3 is 2.87 bits per heavy atom. The maximum atomic E-state index is 13.5. The third-order valence-corrected chi connectivity index (χ3v) is 5.13. The maximum absolute atomic E-state index is 13.5. The molecule has 3 rings (SSSR count). The van der Waals surface area contributed by atoms with Crippen molar-refractivity contribution in [2.24, 2.45) is 5.10 Å². The van der Waals surface area contributed by atoms with Gasteiger partial charge in [0, 0.05) is 23.7 Å². The molecule has 0 atom stereocenters. The number of H-pyrrole nitrogens is 1. The monoisotopic (exact) mass is 336 g/mol. The molecule has 0 saturated heterocycles. The number of rotatable bonds is 2. The van der Waals surface area contributed by atoms with Gasteiger partial charge in [-0.25, -0.2) is 23.2 Å². The fourth-order valence-corrected chi connectivity index (χ4v) is 3.81. The Morgan fingerprint density at radius 2 is 2.13 bits per heavy atom. The second-order valence-corrected chi connectivity index (χ2v) is 7.19. The highest BCUT2D eigenvalue weighted by Crippen LogP contribution is 2.26. The van der Waals surface area contributed by atoms with E-state index < -0.39 is 15.7 Å². The molecule has 2 N–H and O–H groups in total. The molecule has 120 valence electrons. The molecule has 0 spiro atoms. The summed E-state index contributed by atoms with van der Waals surface area (Å²) in [5, 5.41) is 4.09. The molecule has 7 nitrogen and oxygen atoms in total. The van der Waals surface area contributed by atoms with Crippen molar-refractivity contribution in [3.63, 3.8) is 0 Å². The number of hydrogen-bond donors (Lipinski definition) is 2. The average molecular weight is 336 g/mol. The third-order valence-electron chi connectivity index (χ3n) is 3.36. The molecule has 1 aliphatic rings. The lowest BCUT2D eigenvalue weighted by Gasteiger charge is -2.18. The molecule has 23 heavy (non-hydrogen) atoms. The first-order valence-electron chi connectivity index (χ1n) is 6.78. The Balaban J connectivity index is 2.01. The first kappa shape index (κ1) is 15.3. The Kier molecular flexibility index (Phi) is 3.72. The Morgan fingerprint density at radius 1 is 1.35 bits per heavy atom. The van der Waals surface area contributed by atoms with Gasteiger partial charge in [0.15, 0.2) is 9.84 Å². The van der Waals surface area contributed by atoms with Gasteiger partial charge in [0.25, 0.3) is 5.56 Å². The molecular weight excluding hydrogens is 323 g/mol. The molecular formula is C14H13FN4O3S. The Hall–Kier alpha value is -2.55. The average Bonchev–Trinajstić information content (AvgIpc) is 2.45. The number of anilines is 1. The second kappa shape index (κ2) is 5.58. The minimum absolute atomic E-state index is 0.0522. The molecule has 9 heteroatoms. The highest BCUT2D eigenvalue weighted by molar-refractivity contribution is 7.91. The van der Waals surface area contributed by atoms with E-state index in [0.717, 1.165) is 12.1 Å². The summed E-state index contributed by atoms with van der Waals surface area (Å²) in [4.78, 5) is 17.9. The molecule has 0 amide bonds. The third kappa shape index (κ3) is 3.14. The molecule has 2 aromatic rings. The van der Waals surface area contributed by atoms with Gasteiger partial charge in [-0.15, -0.1) is 0 Å². The minimum atomic E-state index is -3.44. The number of benzene rings is 1. The predicted molar refractivity (Wildman–Crippen MR) is 82.8 cm³/mol. The number of fused-ring (bicyclic) bond motifs is 1. The van der Waals surface area contributed by atoms with Crippen LogP contribution in [0.25, 0.3) is 0 Å². The van der Waals surface area contributed by atoms with Gasteiger partial charge in [-0.05, 0) is 25.1 Å². The highest BCUT2D eigenvalue weighted by Gasteiger charge is 2.28. The SMILES string of the molecule is Cc1cc(=O)[nH]c(N/N=C2\CCS(=O)(=O)c3ccc(F)cc32)n1. The number of hydrazone groups is 1. The molecule has 0 saturated carbocycles. The molecule has 1 aromatic heterocycles. The van der Waals surface area contributed by atoms with Crippen LogP contribution in [0.3, 0.4) is 0 Å². The van der Waals surface area contributed by atoms with Crippen molar-refractivity contribution >= 4 is 21.5 Å². The highest BCUT2D eigenvalue weighted by atomic mass is 32.2. The van der Waals surface area contributed by atoms with Crippen LogP contribution in [0.1, 0.15) is 17.7 Å². The van der Waals surface area contributed by atoms with Crippen LogP contribution in [-0.2, 0) is 9.84 Å². The lowest BCUT2D eigenvalue weighted by atomic mass is 10.1. The van der Waals surface area contributed by atoms with Crippen LogP contribution in [0, 0.1) is 12.7 Å². The van der Waals surface area contributed by atoms with Gasteiger partial charge >= 0.3 is 0 Å². The summed E-state index contributed by atoms with van der Waals surface area (Å²) in [5.41, 5.74) is 3.37. The quantitative estimate of drug-likeness (QED) is 0.634. The molecule has 2 heterocycles. The molecule has 0 radical (unpaired) electrons. The number of sulfone groups is 1. The normalized spacial score (nSPS) is 17.7. The fourth-order valence-electron chi connectivity index (χ4n) is 2.34. The van der Waals surface area contributed by atoms with E-state index in [9.17, 15) is 17.6 Å². The largest absolute Gasteiger partial charge is 0.291 e. The lowest BCUT2D eigenvalue weighted by Crippen LogP contribution is -2.23. The number of aryl methyl sites for hydroxylation is 1. The van der Waals surface area contributed by atoms with Crippen molar-refractivity contribution in [1.29, 1.82) is 0 Å². The van der Waals surface area contributed by atoms with Crippen LogP contribution in [0.5, 0.6) is 0 Å². The molecule has 0 bridgehead atoms. The molecule has 1 aliphatic heterocycles. The van der Waals surface area contributed by atoms with Crippen molar-refractivity contribution in [2.75, 3.05) is 11.2 Å². The summed E-state index contributed by atoms with van der Waals surface area (Å²) in [7, 11) is -3.44. The zero-order valence-electron chi connectivity index (χ0n) is 12.1. The molecule has 0 aliphatic carbocycles. The van der Waals surface area contributed by atoms with E-state index in [0.29, 0.717) is 11.4 Å². The summed E-state index contributed by atoms with van der Waals surface area (Å²) >= 11 is 0. The van der Waals surface area contributed by atoms with Gasteiger partial charge in [-0.1, -0.05) is 0 Å². The standard InChI is InChI=1S/C14H13FN4O3S/c1-8-6-13(20)17-14(16-8)19-18-11-4-5-23(21,22)12-3-2-9(15)7-10(11)12/h2-3,6-7H,4-5H2,1H3,(H2,16,17,19,20)/b18-11+. The van der Waals surface area contributed by atoms with E-state index in [2.05, 4.69) is 20.5 Å².